The van der Waals surface area contributed by atoms with Gasteiger partial charge in [0.2, 0.25) is 0 Å². The third-order valence-electron chi connectivity index (χ3n) is 1.88. The maximum absolute atomic E-state index is 11.0. The van der Waals surface area contributed by atoms with Crippen molar-refractivity contribution >= 4 is 5.78 Å². The van der Waals surface area contributed by atoms with E-state index in [2.05, 4.69) is 6.58 Å². The first-order valence-electron chi connectivity index (χ1n) is 4.36. The molecule has 0 aromatic heterocycles. The van der Waals surface area contributed by atoms with Crippen molar-refractivity contribution in [2.45, 2.75) is 39.2 Å². The van der Waals surface area contributed by atoms with Gasteiger partial charge in [0.25, 0.3) is 0 Å². The molecule has 12 heavy (non-hydrogen) atoms. The molecule has 0 fully saturated rings. The maximum atomic E-state index is 11.0. The highest BCUT2D eigenvalue weighted by Gasteiger charge is 2.21. The van der Waals surface area contributed by atoms with E-state index in [1.165, 1.54) is 6.08 Å². The van der Waals surface area contributed by atoms with Gasteiger partial charge in [0.05, 0.1) is 0 Å². The second-order valence-electron chi connectivity index (χ2n) is 2.77. The van der Waals surface area contributed by atoms with E-state index in [-0.39, 0.29) is 5.78 Å². The lowest BCUT2D eigenvalue weighted by molar-refractivity contribution is -0.121. The Morgan fingerprint density at radius 1 is 1.58 bits per heavy atom. The Morgan fingerprint density at radius 3 is 2.50 bits per heavy atom. The summed E-state index contributed by atoms with van der Waals surface area (Å²) in [5.74, 6) is 0.614. The molecule has 0 spiro atoms. The van der Waals surface area contributed by atoms with Crippen LogP contribution in [0.15, 0.2) is 12.7 Å². The average molecular weight is 169 g/mol. The minimum absolute atomic E-state index is 0.291. The van der Waals surface area contributed by atoms with Crippen LogP contribution in [0, 0.1) is 5.92 Å². The maximum Gasteiger partial charge on any atom is 0.184 e. The zero-order chi connectivity index (χ0) is 9.56. The molecule has 0 saturated heterocycles. The molecular weight excluding hydrogens is 152 g/mol. The smallest absolute Gasteiger partial charge is 0.184 e. The molecule has 0 amide bonds. The van der Waals surface area contributed by atoms with E-state index < -0.39 is 6.10 Å². The lowest BCUT2D eigenvalue weighted by atomic mass is 9.92. The summed E-state index contributed by atoms with van der Waals surface area (Å²) in [6.45, 7) is 7.31. The molecule has 2 nitrogen and oxygen atoms in total. The second-order valence-corrected chi connectivity index (χ2v) is 2.77. The molecule has 69 valence electrons. The quantitative estimate of drug-likeness (QED) is 0.616. The van der Waals surface area contributed by atoms with Crippen LogP contribution in [0.4, 0.5) is 0 Å². The summed E-state index contributed by atoms with van der Waals surface area (Å²) in [7, 11) is 0. The highest BCUT2D eigenvalue weighted by atomic mass is 16.3. The fraction of sp³-hybridized carbons (Fsp3) is 0.600. The van der Waals surface area contributed by atoms with Gasteiger partial charge in [0.1, 0.15) is 6.10 Å². The molecule has 0 aromatic rings. The molecule has 1 radical (unpaired) electrons. The summed E-state index contributed by atoms with van der Waals surface area (Å²) >= 11 is 0. The Hall–Kier alpha value is -0.630. The number of carbonyl (C=O) groups excluding carboxylic acids is 1. The van der Waals surface area contributed by atoms with Crippen molar-refractivity contribution in [1.29, 1.82) is 0 Å². The van der Waals surface area contributed by atoms with Gasteiger partial charge in [-0.2, -0.15) is 0 Å². The largest absolute Gasteiger partial charge is 0.384 e. The molecular formula is C10H17O2. The molecule has 0 bridgehead atoms. The molecule has 1 atom stereocenters. The van der Waals surface area contributed by atoms with E-state index in [0.717, 1.165) is 25.2 Å². The number of aliphatic hydroxyl groups is 1. The van der Waals surface area contributed by atoms with Crippen LogP contribution in [0.2, 0.25) is 0 Å². The lowest BCUT2D eigenvalue weighted by Crippen LogP contribution is -2.26. The Labute approximate surface area is 74.3 Å². The van der Waals surface area contributed by atoms with Crippen LogP contribution in [0.25, 0.3) is 0 Å². The van der Waals surface area contributed by atoms with Gasteiger partial charge in [-0.25, -0.2) is 0 Å². The van der Waals surface area contributed by atoms with Gasteiger partial charge in [-0.05, 0) is 18.9 Å². The summed E-state index contributed by atoms with van der Waals surface area (Å²) in [5.41, 5.74) is 0. The zero-order valence-electron chi connectivity index (χ0n) is 7.84. The monoisotopic (exact) mass is 169 g/mol. The molecule has 0 rings (SSSR count). The number of hydrogen-bond acceptors (Lipinski definition) is 2. The fourth-order valence-corrected chi connectivity index (χ4v) is 1.14. The zero-order valence-corrected chi connectivity index (χ0v) is 7.84. The van der Waals surface area contributed by atoms with Crippen molar-refractivity contribution < 1.29 is 9.90 Å². The summed E-state index contributed by atoms with van der Waals surface area (Å²) in [4.78, 5) is 11.0. The minimum atomic E-state index is -0.924. The highest BCUT2D eigenvalue weighted by molar-refractivity contribution is 5.94. The van der Waals surface area contributed by atoms with Crippen molar-refractivity contribution in [1.82, 2.24) is 0 Å². The number of ketones is 1. The molecule has 1 unspecified atom stereocenters. The van der Waals surface area contributed by atoms with E-state index in [4.69, 9.17) is 0 Å². The van der Waals surface area contributed by atoms with Gasteiger partial charge in [-0.15, -0.1) is 0 Å². The Morgan fingerprint density at radius 2 is 2.17 bits per heavy atom. The standard InChI is InChI=1S/C10H17O2/c1-4-7-8(5-2)10(12)9(11)6-3/h6,10,12H,3-5,7H2,1-2H3. The summed E-state index contributed by atoms with van der Waals surface area (Å²) in [5, 5.41) is 9.45. The van der Waals surface area contributed by atoms with Crippen LogP contribution in [-0.4, -0.2) is 17.0 Å². The van der Waals surface area contributed by atoms with Crippen LogP contribution in [0.3, 0.4) is 0 Å². The van der Waals surface area contributed by atoms with Crippen molar-refractivity contribution in [3.05, 3.63) is 18.6 Å². The van der Waals surface area contributed by atoms with Gasteiger partial charge < -0.3 is 5.11 Å². The topological polar surface area (TPSA) is 37.3 Å². The molecule has 0 aliphatic heterocycles. The third-order valence-corrected chi connectivity index (χ3v) is 1.88. The number of rotatable bonds is 6. The first kappa shape index (κ1) is 11.4. The number of aliphatic hydroxyl groups excluding tert-OH is 1. The lowest BCUT2D eigenvalue weighted by Gasteiger charge is -2.17. The normalized spacial score (nSPS) is 13.0. The average Bonchev–Trinajstić information content (AvgIpc) is 2.11. The SMILES string of the molecule is C=CC(=O)C(O)[C](CC)CCC. The molecule has 1 N–H and O–H groups in total. The van der Waals surface area contributed by atoms with Gasteiger partial charge in [-0.3, -0.25) is 4.79 Å². The van der Waals surface area contributed by atoms with Crippen LogP contribution in [0.1, 0.15) is 33.1 Å². The van der Waals surface area contributed by atoms with E-state index in [1.54, 1.807) is 0 Å². The molecule has 2 heteroatoms. The van der Waals surface area contributed by atoms with Crippen molar-refractivity contribution in [2.24, 2.45) is 0 Å². The van der Waals surface area contributed by atoms with E-state index in [1.807, 2.05) is 13.8 Å². The predicted molar refractivity (Wildman–Crippen MR) is 49.7 cm³/mol. The fourth-order valence-electron chi connectivity index (χ4n) is 1.14. The van der Waals surface area contributed by atoms with Crippen LogP contribution in [0.5, 0.6) is 0 Å². The Kier molecular flexibility index (Phi) is 5.64. The molecule has 0 saturated carbocycles. The minimum Gasteiger partial charge on any atom is -0.384 e. The molecule has 0 heterocycles. The second kappa shape index (κ2) is 5.95. The highest BCUT2D eigenvalue weighted by Crippen LogP contribution is 2.18. The van der Waals surface area contributed by atoms with Crippen LogP contribution < -0.4 is 0 Å². The van der Waals surface area contributed by atoms with Crippen LogP contribution >= 0.6 is 0 Å². The van der Waals surface area contributed by atoms with E-state index in [9.17, 15) is 9.90 Å². The van der Waals surface area contributed by atoms with Gasteiger partial charge >= 0.3 is 0 Å². The van der Waals surface area contributed by atoms with Crippen molar-refractivity contribution in [2.75, 3.05) is 0 Å². The van der Waals surface area contributed by atoms with Crippen LogP contribution in [-0.2, 0) is 4.79 Å². The van der Waals surface area contributed by atoms with Gasteiger partial charge in [0.15, 0.2) is 5.78 Å². The predicted octanol–water partition coefficient (Wildman–Crippen LogP) is 1.89. The summed E-state index contributed by atoms with van der Waals surface area (Å²) < 4.78 is 0. The number of hydrogen-bond donors (Lipinski definition) is 1. The van der Waals surface area contributed by atoms with Crippen molar-refractivity contribution in [3.8, 4) is 0 Å². The third kappa shape index (κ3) is 3.18. The van der Waals surface area contributed by atoms with Gasteiger partial charge in [0, 0.05) is 5.92 Å². The Balaban J connectivity index is 4.09. The Bertz CT molecular complexity index is 152. The van der Waals surface area contributed by atoms with E-state index >= 15 is 0 Å². The summed E-state index contributed by atoms with van der Waals surface area (Å²) in [6.07, 6.45) is 2.79. The molecule has 0 aliphatic carbocycles. The number of carbonyl (C=O) groups is 1. The first-order valence-corrected chi connectivity index (χ1v) is 4.36. The first-order chi connectivity index (χ1) is 5.67. The molecule has 0 aromatic carbocycles. The molecule has 0 aliphatic rings. The van der Waals surface area contributed by atoms with E-state index in [0.29, 0.717) is 0 Å². The van der Waals surface area contributed by atoms with Gasteiger partial charge in [-0.1, -0.05) is 26.8 Å². The van der Waals surface area contributed by atoms with Crippen molar-refractivity contribution in [3.63, 3.8) is 0 Å². The summed E-state index contributed by atoms with van der Waals surface area (Å²) in [6, 6.07) is 0.